The Morgan fingerprint density at radius 3 is 2.48 bits per heavy atom. The van der Waals surface area contributed by atoms with Crippen molar-refractivity contribution in [2.75, 3.05) is 18.5 Å². The molecule has 0 bridgehead atoms. The molecule has 2 N–H and O–H groups in total. The van der Waals surface area contributed by atoms with E-state index >= 15 is 0 Å². The standard InChI is InChI=1S/C19H18N2O2/c22-19(21-16-9-2-1-3-10-16)20-13-14-23-18-12-6-8-15-7-4-5-11-17(15)18/h1-12H,13-14H2,(H2,20,21,22). The van der Waals surface area contributed by atoms with Crippen LogP contribution in [-0.4, -0.2) is 19.2 Å². The summed E-state index contributed by atoms with van der Waals surface area (Å²) in [7, 11) is 0. The fourth-order valence-electron chi connectivity index (χ4n) is 2.34. The Morgan fingerprint density at radius 2 is 1.61 bits per heavy atom. The highest BCUT2D eigenvalue weighted by atomic mass is 16.5. The van der Waals surface area contributed by atoms with Crippen LogP contribution in [0, 0.1) is 0 Å². The van der Waals surface area contributed by atoms with Gasteiger partial charge in [0.15, 0.2) is 0 Å². The number of rotatable bonds is 5. The monoisotopic (exact) mass is 306 g/mol. The molecule has 3 aromatic rings. The Bertz CT molecular complexity index is 782. The van der Waals surface area contributed by atoms with Crippen LogP contribution >= 0.6 is 0 Å². The van der Waals surface area contributed by atoms with Gasteiger partial charge in [0, 0.05) is 11.1 Å². The summed E-state index contributed by atoms with van der Waals surface area (Å²) in [6.07, 6.45) is 0. The number of urea groups is 1. The lowest BCUT2D eigenvalue weighted by molar-refractivity contribution is 0.247. The second kappa shape index (κ2) is 7.31. The first-order chi connectivity index (χ1) is 11.3. The van der Waals surface area contributed by atoms with Crippen molar-refractivity contribution in [3.05, 3.63) is 72.8 Å². The number of hydrogen-bond donors (Lipinski definition) is 2. The van der Waals surface area contributed by atoms with Crippen molar-refractivity contribution in [1.29, 1.82) is 0 Å². The molecular weight excluding hydrogens is 288 g/mol. The second-order valence-electron chi connectivity index (χ2n) is 5.07. The summed E-state index contributed by atoms with van der Waals surface area (Å²) in [6, 6.07) is 23.1. The van der Waals surface area contributed by atoms with Crippen molar-refractivity contribution in [2.45, 2.75) is 0 Å². The van der Waals surface area contributed by atoms with Crippen LogP contribution in [0.4, 0.5) is 10.5 Å². The molecule has 0 unspecified atom stereocenters. The zero-order chi connectivity index (χ0) is 15.9. The Hall–Kier alpha value is -3.01. The fraction of sp³-hybridized carbons (Fsp3) is 0.105. The molecule has 0 spiro atoms. The molecule has 4 nitrogen and oxygen atoms in total. The highest BCUT2D eigenvalue weighted by Gasteiger charge is 2.03. The molecule has 3 rings (SSSR count). The van der Waals surface area contributed by atoms with Crippen LogP contribution in [0.15, 0.2) is 72.8 Å². The van der Waals surface area contributed by atoms with Gasteiger partial charge in [-0.2, -0.15) is 0 Å². The Labute approximate surface area is 135 Å². The topological polar surface area (TPSA) is 50.4 Å². The summed E-state index contributed by atoms with van der Waals surface area (Å²) < 4.78 is 5.78. The van der Waals surface area contributed by atoms with Crippen LogP contribution < -0.4 is 15.4 Å². The lowest BCUT2D eigenvalue weighted by Crippen LogP contribution is -2.32. The smallest absolute Gasteiger partial charge is 0.319 e. The highest BCUT2D eigenvalue weighted by molar-refractivity contribution is 5.89. The van der Waals surface area contributed by atoms with Crippen LogP contribution in [0.2, 0.25) is 0 Å². The Kier molecular flexibility index (Phi) is 4.74. The van der Waals surface area contributed by atoms with Crippen LogP contribution in [0.5, 0.6) is 5.75 Å². The minimum Gasteiger partial charge on any atom is -0.491 e. The number of anilines is 1. The third-order valence-electron chi connectivity index (χ3n) is 3.43. The van der Waals surface area contributed by atoms with E-state index in [2.05, 4.69) is 10.6 Å². The predicted octanol–water partition coefficient (Wildman–Crippen LogP) is 4.04. The van der Waals surface area contributed by atoms with Gasteiger partial charge in [0.25, 0.3) is 0 Å². The van der Waals surface area contributed by atoms with Crippen LogP contribution in [0.25, 0.3) is 10.8 Å². The lowest BCUT2D eigenvalue weighted by Gasteiger charge is -2.10. The number of ether oxygens (including phenoxy) is 1. The highest BCUT2D eigenvalue weighted by Crippen LogP contribution is 2.24. The largest absolute Gasteiger partial charge is 0.491 e. The first-order valence-corrected chi connectivity index (χ1v) is 7.53. The molecule has 0 saturated carbocycles. The summed E-state index contributed by atoms with van der Waals surface area (Å²) in [5.41, 5.74) is 0.764. The first kappa shape index (κ1) is 14.9. The van der Waals surface area contributed by atoms with E-state index in [9.17, 15) is 4.79 Å². The average molecular weight is 306 g/mol. The number of para-hydroxylation sites is 1. The van der Waals surface area contributed by atoms with Crippen molar-refractivity contribution in [2.24, 2.45) is 0 Å². The van der Waals surface area contributed by atoms with Crippen molar-refractivity contribution in [3.63, 3.8) is 0 Å². The maximum Gasteiger partial charge on any atom is 0.319 e. The molecule has 0 aliphatic heterocycles. The molecule has 4 heteroatoms. The minimum absolute atomic E-state index is 0.238. The van der Waals surface area contributed by atoms with Gasteiger partial charge in [0.1, 0.15) is 12.4 Å². The minimum atomic E-state index is -0.238. The third-order valence-corrected chi connectivity index (χ3v) is 3.43. The number of hydrogen-bond acceptors (Lipinski definition) is 2. The van der Waals surface area contributed by atoms with Gasteiger partial charge in [-0.05, 0) is 23.6 Å². The lowest BCUT2D eigenvalue weighted by atomic mass is 10.1. The molecule has 23 heavy (non-hydrogen) atoms. The molecule has 0 atom stereocenters. The molecule has 3 aromatic carbocycles. The van der Waals surface area contributed by atoms with Crippen molar-refractivity contribution in [3.8, 4) is 5.75 Å². The van der Waals surface area contributed by atoms with Crippen molar-refractivity contribution in [1.82, 2.24) is 5.32 Å². The molecule has 0 fully saturated rings. The van der Waals surface area contributed by atoms with Gasteiger partial charge < -0.3 is 15.4 Å². The van der Waals surface area contributed by atoms with Crippen molar-refractivity contribution >= 4 is 22.5 Å². The van der Waals surface area contributed by atoms with Gasteiger partial charge in [-0.1, -0.05) is 54.6 Å². The fourth-order valence-corrected chi connectivity index (χ4v) is 2.34. The predicted molar refractivity (Wildman–Crippen MR) is 92.9 cm³/mol. The molecule has 0 radical (unpaired) electrons. The SMILES string of the molecule is O=C(NCCOc1cccc2ccccc12)Nc1ccccc1. The van der Waals surface area contributed by atoms with Crippen LogP contribution in [0.1, 0.15) is 0 Å². The average Bonchev–Trinajstić information content (AvgIpc) is 2.60. The van der Waals surface area contributed by atoms with E-state index in [1.165, 1.54) is 0 Å². The van der Waals surface area contributed by atoms with Gasteiger partial charge >= 0.3 is 6.03 Å². The Morgan fingerprint density at radius 1 is 0.870 bits per heavy atom. The van der Waals surface area contributed by atoms with E-state index in [-0.39, 0.29) is 6.03 Å². The molecule has 0 aromatic heterocycles. The van der Waals surface area contributed by atoms with E-state index in [1.54, 1.807) is 0 Å². The molecule has 0 aliphatic rings. The number of benzene rings is 3. The van der Waals surface area contributed by atoms with Crippen molar-refractivity contribution < 1.29 is 9.53 Å². The van der Waals surface area contributed by atoms with Gasteiger partial charge in [-0.3, -0.25) is 0 Å². The summed E-state index contributed by atoms with van der Waals surface area (Å²) >= 11 is 0. The summed E-state index contributed by atoms with van der Waals surface area (Å²) in [5, 5.41) is 7.75. The molecule has 0 aliphatic carbocycles. The van der Waals surface area contributed by atoms with E-state index in [1.807, 2.05) is 72.8 Å². The van der Waals surface area contributed by atoms with Gasteiger partial charge in [0.05, 0.1) is 6.54 Å². The number of carbonyl (C=O) groups excluding carboxylic acids is 1. The molecule has 116 valence electrons. The summed E-state index contributed by atoms with van der Waals surface area (Å²) in [6.45, 7) is 0.845. The number of amides is 2. The molecule has 0 saturated heterocycles. The second-order valence-corrected chi connectivity index (χ2v) is 5.07. The zero-order valence-corrected chi connectivity index (χ0v) is 12.7. The van der Waals surface area contributed by atoms with Crippen LogP contribution in [0.3, 0.4) is 0 Å². The maximum absolute atomic E-state index is 11.8. The van der Waals surface area contributed by atoms with E-state index < -0.39 is 0 Å². The van der Waals surface area contributed by atoms with E-state index in [0.29, 0.717) is 13.2 Å². The van der Waals surface area contributed by atoms with E-state index in [4.69, 9.17) is 4.74 Å². The maximum atomic E-state index is 11.8. The molecule has 2 amide bonds. The van der Waals surface area contributed by atoms with Crippen LogP contribution in [-0.2, 0) is 0 Å². The van der Waals surface area contributed by atoms with Gasteiger partial charge in [-0.15, -0.1) is 0 Å². The molecule has 0 heterocycles. The molecular formula is C19H18N2O2. The van der Waals surface area contributed by atoms with Gasteiger partial charge in [0.2, 0.25) is 0 Å². The number of fused-ring (bicyclic) bond motifs is 1. The normalized spacial score (nSPS) is 10.3. The van der Waals surface area contributed by atoms with Gasteiger partial charge in [-0.25, -0.2) is 4.79 Å². The third kappa shape index (κ3) is 4.01. The van der Waals surface area contributed by atoms with E-state index in [0.717, 1.165) is 22.2 Å². The quantitative estimate of drug-likeness (QED) is 0.699. The summed E-state index contributed by atoms with van der Waals surface area (Å²) in [4.78, 5) is 11.8. The number of carbonyl (C=O) groups is 1. The first-order valence-electron chi connectivity index (χ1n) is 7.53. The zero-order valence-electron chi connectivity index (χ0n) is 12.7. The summed E-state index contributed by atoms with van der Waals surface area (Å²) in [5.74, 6) is 0.827. The Balaban J connectivity index is 1.49. The number of nitrogens with one attached hydrogen (secondary N) is 2.